The van der Waals surface area contributed by atoms with Crippen LogP contribution in [0.3, 0.4) is 0 Å². The second-order valence-electron chi connectivity index (χ2n) is 5.50. The van der Waals surface area contributed by atoms with E-state index in [-0.39, 0.29) is 35.8 Å². The Bertz CT molecular complexity index is 508. The van der Waals surface area contributed by atoms with Crippen LogP contribution in [0, 0.1) is 5.92 Å². The zero-order valence-electron chi connectivity index (χ0n) is 13.0. The van der Waals surface area contributed by atoms with Crippen molar-refractivity contribution in [1.82, 2.24) is 10.2 Å². The first-order chi connectivity index (χ1) is 10.4. The molecule has 1 unspecified atom stereocenters. The molecular weight excluding hydrogens is 284 g/mol. The van der Waals surface area contributed by atoms with Gasteiger partial charge in [-0.05, 0) is 37.8 Å². The van der Waals surface area contributed by atoms with Crippen LogP contribution in [0.25, 0.3) is 0 Å². The van der Waals surface area contributed by atoms with E-state index in [4.69, 9.17) is 0 Å². The second kappa shape index (κ2) is 8.92. The van der Waals surface area contributed by atoms with Crippen LogP contribution in [0.4, 0.5) is 0 Å². The average Bonchev–Trinajstić information content (AvgIpc) is 2.46. The number of carbonyl (C=O) groups excluding carboxylic acids is 4. The molecule has 0 aromatic carbocycles. The number of nitrogens with one attached hydrogen (secondary N) is 1. The third kappa shape index (κ3) is 6.97. The third-order valence-corrected chi connectivity index (χ3v) is 3.29. The Morgan fingerprint density at radius 1 is 1.32 bits per heavy atom. The summed E-state index contributed by atoms with van der Waals surface area (Å²) < 4.78 is 0. The molecule has 1 N–H and O–H groups in total. The minimum absolute atomic E-state index is 0.0582. The van der Waals surface area contributed by atoms with Crippen LogP contribution in [-0.2, 0) is 19.2 Å². The zero-order chi connectivity index (χ0) is 16.5. The topological polar surface area (TPSA) is 83.6 Å². The summed E-state index contributed by atoms with van der Waals surface area (Å²) in [5.41, 5.74) is 0. The normalized spacial score (nSPS) is 16.2. The Balaban J connectivity index is 2.21. The summed E-state index contributed by atoms with van der Waals surface area (Å²) in [6.07, 6.45) is 6.67. The van der Waals surface area contributed by atoms with Crippen molar-refractivity contribution in [2.45, 2.75) is 26.7 Å². The first-order valence-electron chi connectivity index (χ1n) is 7.34. The SMILES string of the molecule is CC(=O)/C=C\C(=O)NCC(C)CCCN1CC(=O)C=CC1=O. The lowest BCUT2D eigenvalue weighted by atomic mass is 10.1. The summed E-state index contributed by atoms with van der Waals surface area (Å²) >= 11 is 0. The maximum absolute atomic E-state index is 11.6. The lowest BCUT2D eigenvalue weighted by molar-refractivity contribution is -0.131. The summed E-state index contributed by atoms with van der Waals surface area (Å²) in [4.78, 5) is 46.4. The number of nitrogens with zero attached hydrogens (tertiary/aromatic N) is 1. The van der Waals surface area contributed by atoms with Crippen molar-refractivity contribution in [2.24, 2.45) is 5.92 Å². The molecule has 0 spiro atoms. The minimum atomic E-state index is -0.288. The number of ketones is 2. The van der Waals surface area contributed by atoms with Crippen LogP contribution in [-0.4, -0.2) is 47.9 Å². The van der Waals surface area contributed by atoms with Crippen molar-refractivity contribution in [3.63, 3.8) is 0 Å². The number of hydrogen-bond acceptors (Lipinski definition) is 4. The van der Waals surface area contributed by atoms with Crippen molar-refractivity contribution in [3.8, 4) is 0 Å². The Labute approximate surface area is 130 Å². The maximum Gasteiger partial charge on any atom is 0.247 e. The Morgan fingerprint density at radius 3 is 2.73 bits per heavy atom. The standard InChI is InChI=1S/C16H22N2O4/c1-12(10-17-15(21)7-5-13(2)19)4-3-9-18-11-14(20)6-8-16(18)22/h5-8,12H,3-4,9-11H2,1-2H3,(H,17,21)/b7-5-. The molecule has 1 rings (SSSR count). The van der Waals surface area contributed by atoms with Crippen molar-refractivity contribution in [2.75, 3.05) is 19.6 Å². The highest BCUT2D eigenvalue weighted by atomic mass is 16.2. The number of rotatable bonds is 8. The van der Waals surface area contributed by atoms with E-state index in [1.165, 1.54) is 36.1 Å². The van der Waals surface area contributed by atoms with Crippen LogP contribution in [0.15, 0.2) is 24.3 Å². The van der Waals surface area contributed by atoms with E-state index >= 15 is 0 Å². The van der Waals surface area contributed by atoms with E-state index < -0.39 is 0 Å². The molecule has 0 bridgehead atoms. The van der Waals surface area contributed by atoms with Crippen LogP contribution in [0.1, 0.15) is 26.7 Å². The zero-order valence-corrected chi connectivity index (χ0v) is 13.0. The van der Waals surface area contributed by atoms with E-state index in [1.54, 1.807) is 0 Å². The first kappa shape index (κ1) is 17.8. The van der Waals surface area contributed by atoms with Crippen molar-refractivity contribution in [1.29, 1.82) is 0 Å². The molecule has 22 heavy (non-hydrogen) atoms. The molecule has 1 aliphatic rings. The fourth-order valence-electron chi connectivity index (χ4n) is 2.04. The third-order valence-electron chi connectivity index (χ3n) is 3.29. The van der Waals surface area contributed by atoms with Gasteiger partial charge in [-0.15, -0.1) is 0 Å². The summed E-state index contributed by atoms with van der Waals surface area (Å²) in [7, 11) is 0. The van der Waals surface area contributed by atoms with E-state index in [1.807, 2.05) is 6.92 Å². The van der Waals surface area contributed by atoms with Gasteiger partial charge in [0, 0.05) is 25.2 Å². The molecule has 2 amide bonds. The maximum atomic E-state index is 11.6. The average molecular weight is 306 g/mol. The van der Waals surface area contributed by atoms with Crippen molar-refractivity contribution < 1.29 is 19.2 Å². The Hall–Kier alpha value is -2.24. The molecule has 6 nitrogen and oxygen atoms in total. The molecule has 1 heterocycles. The summed E-state index contributed by atoms with van der Waals surface area (Å²) in [5, 5.41) is 2.72. The molecule has 0 aromatic heterocycles. The molecule has 0 aromatic rings. The fraction of sp³-hybridized carbons (Fsp3) is 0.500. The quantitative estimate of drug-likeness (QED) is 0.667. The van der Waals surface area contributed by atoms with Crippen LogP contribution < -0.4 is 5.32 Å². The number of allylic oxidation sites excluding steroid dienone is 1. The van der Waals surface area contributed by atoms with Gasteiger partial charge in [0.1, 0.15) is 0 Å². The van der Waals surface area contributed by atoms with Gasteiger partial charge in [-0.2, -0.15) is 0 Å². The second-order valence-corrected chi connectivity index (χ2v) is 5.50. The molecule has 1 aliphatic heterocycles. The molecule has 6 heteroatoms. The smallest absolute Gasteiger partial charge is 0.247 e. The predicted molar refractivity (Wildman–Crippen MR) is 82.0 cm³/mol. The molecule has 1 atom stereocenters. The molecular formula is C16H22N2O4. The first-order valence-corrected chi connectivity index (χ1v) is 7.34. The lowest BCUT2D eigenvalue weighted by Gasteiger charge is -2.23. The van der Waals surface area contributed by atoms with E-state index in [2.05, 4.69) is 5.32 Å². The predicted octanol–water partition coefficient (Wildman–Crippen LogP) is 0.632. The van der Waals surface area contributed by atoms with Gasteiger partial charge in [0.15, 0.2) is 11.6 Å². The summed E-state index contributed by atoms with van der Waals surface area (Å²) in [6.45, 7) is 4.58. The van der Waals surface area contributed by atoms with Crippen LogP contribution in [0.5, 0.6) is 0 Å². The Morgan fingerprint density at radius 2 is 2.05 bits per heavy atom. The number of amides is 2. The van der Waals surface area contributed by atoms with E-state index in [0.29, 0.717) is 13.1 Å². The van der Waals surface area contributed by atoms with Crippen molar-refractivity contribution >= 4 is 23.4 Å². The lowest BCUT2D eigenvalue weighted by Crippen LogP contribution is -2.38. The van der Waals surface area contributed by atoms with Crippen molar-refractivity contribution in [3.05, 3.63) is 24.3 Å². The van der Waals surface area contributed by atoms with Gasteiger partial charge < -0.3 is 10.2 Å². The van der Waals surface area contributed by atoms with Crippen LogP contribution in [0.2, 0.25) is 0 Å². The largest absolute Gasteiger partial charge is 0.352 e. The van der Waals surface area contributed by atoms with Gasteiger partial charge in [-0.25, -0.2) is 0 Å². The highest BCUT2D eigenvalue weighted by Gasteiger charge is 2.18. The highest BCUT2D eigenvalue weighted by molar-refractivity contribution is 6.04. The van der Waals surface area contributed by atoms with Gasteiger partial charge in [0.05, 0.1) is 6.54 Å². The summed E-state index contributed by atoms with van der Waals surface area (Å²) in [5.74, 6) is -0.394. The fourth-order valence-corrected chi connectivity index (χ4v) is 2.04. The monoisotopic (exact) mass is 306 g/mol. The molecule has 0 radical (unpaired) electrons. The van der Waals surface area contributed by atoms with Gasteiger partial charge in [-0.1, -0.05) is 6.92 Å². The molecule has 0 saturated heterocycles. The van der Waals surface area contributed by atoms with Crippen LogP contribution >= 0.6 is 0 Å². The number of carbonyl (C=O) groups is 4. The minimum Gasteiger partial charge on any atom is -0.352 e. The van der Waals surface area contributed by atoms with E-state index in [9.17, 15) is 19.2 Å². The van der Waals surface area contributed by atoms with Gasteiger partial charge in [-0.3, -0.25) is 19.2 Å². The van der Waals surface area contributed by atoms with Gasteiger partial charge >= 0.3 is 0 Å². The highest BCUT2D eigenvalue weighted by Crippen LogP contribution is 2.08. The molecule has 0 fully saturated rings. The Kier molecular flexibility index (Phi) is 7.22. The molecule has 120 valence electrons. The molecule has 0 saturated carbocycles. The van der Waals surface area contributed by atoms with Gasteiger partial charge in [0.2, 0.25) is 11.8 Å². The molecule has 0 aliphatic carbocycles. The van der Waals surface area contributed by atoms with E-state index in [0.717, 1.165) is 12.8 Å². The van der Waals surface area contributed by atoms with Gasteiger partial charge in [0.25, 0.3) is 0 Å². The number of hydrogen-bond donors (Lipinski definition) is 1. The summed E-state index contributed by atoms with van der Waals surface area (Å²) in [6, 6.07) is 0.